The Kier molecular flexibility index (Phi) is 8.97. The number of hydrogen-bond acceptors (Lipinski definition) is 8. The van der Waals surface area contributed by atoms with Gasteiger partial charge in [-0.2, -0.15) is 0 Å². The Bertz CT molecular complexity index is 867. The molecular weight excluding hydrogens is 476 g/mol. The fourth-order valence-electron chi connectivity index (χ4n) is 3.69. The lowest BCUT2D eigenvalue weighted by atomic mass is 9.78. The van der Waals surface area contributed by atoms with Crippen LogP contribution in [0, 0.1) is 0 Å². The Morgan fingerprint density at radius 3 is 1.22 bits per heavy atom. The first-order valence-electron chi connectivity index (χ1n) is 13.1. The number of rotatable bonds is 15. The Morgan fingerprint density at radius 2 is 0.892 bits per heavy atom. The predicted molar refractivity (Wildman–Crippen MR) is 137 cm³/mol. The third kappa shape index (κ3) is 9.25. The first kappa shape index (κ1) is 26.4. The van der Waals surface area contributed by atoms with Gasteiger partial charge in [-0.3, -0.25) is 0 Å². The van der Waals surface area contributed by atoms with Gasteiger partial charge in [0.15, 0.2) is 0 Å². The molecular formula is C29H38O8. The summed E-state index contributed by atoms with van der Waals surface area (Å²) in [7, 11) is 0. The van der Waals surface area contributed by atoms with Crippen LogP contribution in [0.4, 0.5) is 0 Å². The molecule has 4 heterocycles. The molecule has 202 valence electrons. The van der Waals surface area contributed by atoms with Gasteiger partial charge in [0.1, 0.15) is 49.1 Å². The average molecular weight is 515 g/mol. The number of benzene rings is 2. The molecule has 8 heteroatoms. The topological polar surface area (TPSA) is 87.0 Å². The van der Waals surface area contributed by atoms with E-state index in [0.717, 1.165) is 37.9 Å². The first-order valence-corrected chi connectivity index (χ1v) is 13.1. The van der Waals surface area contributed by atoms with Gasteiger partial charge < -0.3 is 37.9 Å². The molecule has 4 unspecified atom stereocenters. The van der Waals surface area contributed by atoms with Crippen molar-refractivity contribution in [3.8, 4) is 11.5 Å². The van der Waals surface area contributed by atoms with Gasteiger partial charge in [0.25, 0.3) is 0 Å². The molecule has 0 N–H and O–H groups in total. The highest BCUT2D eigenvalue weighted by Crippen LogP contribution is 2.33. The van der Waals surface area contributed by atoms with Gasteiger partial charge in [0.2, 0.25) is 0 Å². The maximum Gasteiger partial charge on any atom is 0.119 e. The van der Waals surface area contributed by atoms with Crippen LogP contribution in [0.25, 0.3) is 0 Å². The van der Waals surface area contributed by atoms with Gasteiger partial charge >= 0.3 is 0 Å². The molecule has 0 aliphatic carbocycles. The van der Waals surface area contributed by atoms with Gasteiger partial charge in [0.05, 0.1) is 52.9 Å². The zero-order valence-corrected chi connectivity index (χ0v) is 21.8. The van der Waals surface area contributed by atoms with E-state index in [2.05, 4.69) is 38.1 Å². The average Bonchev–Trinajstić information content (AvgIpc) is 3.73. The molecule has 4 saturated heterocycles. The zero-order chi connectivity index (χ0) is 25.5. The second-order valence-electron chi connectivity index (χ2n) is 10.3. The van der Waals surface area contributed by atoms with Crippen molar-refractivity contribution < 1.29 is 37.9 Å². The highest BCUT2D eigenvalue weighted by molar-refractivity contribution is 5.41. The van der Waals surface area contributed by atoms with Crippen LogP contribution in [0.5, 0.6) is 11.5 Å². The molecule has 0 saturated carbocycles. The Labute approximate surface area is 219 Å². The van der Waals surface area contributed by atoms with E-state index in [1.165, 1.54) is 11.1 Å². The van der Waals surface area contributed by atoms with Crippen molar-refractivity contribution in [2.45, 2.75) is 43.7 Å². The Morgan fingerprint density at radius 1 is 0.568 bits per heavy atom. The van der Waals surface area contributed by atoms with E-state index < -0.39 is 0 Å². The van der Waals surface area contributed by atoms with Crippen LogP contribution in [0.1, 0.15) is 25.0 Å². The number of ether oxygens (including phenoxy) is 8. The largest absolute Gasteiger partial charge is 0.491 e. The summed E-state index contributed by atoms with van der Waals surface area (Å²) in [4.78, 5) is 0. The predicted octanol–water partition coefficient (Wildman–Crippen LogP) is 3.38. The van der Waals surface area contributed by atoms with E-state index >= 15 is 0 Å². The fraction of sp³-hybridized carbons (Fsp3) is 0.586. The summed E-state index contributed by atoms with van der Waals surface area (Å²) in [6.45, 7) is 11.8. The molecule has 0 bridgehead atoms. The lowest BCUT2D eigenvalue weighted by Gasteiger charge is -2.26. The number of hydrogen-bond donors (Lipinski definition) is 0. The van der Waals surface area contributed by atoms with Gasteiger partial charge in [0, 0.05) is 5.41 Å². The van der Waals surface area contributed by atoms with E-state index in [0.29, 0.717) is 51.8 Å². The minimum atomic E-state index is -0.0870. The molecule has 4 atom stereocenters. The van der Waals surface area contributed by atoms with Crippen molar-refractivity contribution >= 4 is 0 Å². The maximum atomic E-state index is 5.72. The molecule has 0 aromatic heterocycles. The summed E-state index contributed by atoms with van der Waals surface area (Å²) >= 11 is 0. The molecule has 2 aromatic carbocycles. The molecule has 2 aromatic rings. The minimum absolute atomic E-state index is 0.0870. The summed E-state index contributed by atoms with van der Waals surface area (Å²) in [6.07, 6.45) is 1.28. The summed E-state index contributed by atoms with van der Waals surface area (Å²) in [5.41, 5.74) is 2.42. The monoisotopic (exact) mass is 514 g/mol. The highest BCUT2D eigenvalue weighted by atomic mass is 16.6. The molecule has 4 fully saturated rings. The van der Waals surface area contributed by atoms with E-state index in [9.17, 15) is 0 Å². The SMILES string of the molecule is C(COCC1CO1)OCC1CO1.CC(C)(c1ccc(OCC2CO2)cc1)c1ccc(OCC2CO2)cc1. The molecule has 0 spiro atoms. The quantitative estimate of drug-likeness (QED) is 0.264. The summed E-state index contributed by atoms with van der Waals surface area (Å²) in [5.74, 6) is 1.78. The fourth-order valence-corrected chi connectivity index (χ4v) is 3.69. The molecule has 8 nitrogen and oxygen atoms in total. The zero-order valence-electron chi connectivity index (χ0n) is 21.8. The van der Waals surface area contributed by atoms with Crippen molar-refractivity contribution in [1.82, 2.24) is 0 Å². The standard InChI is InChI=1S/C21H24O4.C8H14O4/c1-21(2,15-3-7-17(8-4-15)22-11-19-13-24-19)16-5-9-18(10-6-16)23-12-20-14-25-20;1(9-3-7-5-11-7)2-10-4-8-6-12-8/h3-10,19-20H,11-14H2,1-2H3;7-8H,1-6H2. The van der Waals surface area contributed by atoms with E-state index in [-0.39, 0.29) is 17.6 Å². The second-order valence-corrected chi connectivity index (χ2v) is 10.3. The summed E-state index contributed by atoms with van der Waals surface area (Å²) in [5, 5.41) is 0. The molecule has 0 amide bonds. The van der Waals surface area contributed by atoms with Crippen LogP contribution in [0.2, 0.25) is 0 Å². The van der Waals surface area contributed by atoms with Crippen LogP contribution in [0.3, 0.4) is 0 Å². The third-order valence-electron chi connectivity index (χ3n) is 6.61. The van der Waals surface area contributed by atoms with Gasteiger partial charge in [-0.25, -0.2) is 0 Å². The van der Waals surface area contributed by atoms with Gasteiger partial charge in [-0.1, -0.05) is 38.1 Å². The van der Waals surface area contributed by atoms with Gasteiger partial charge in [-0.15, -0.1) is 0 Å². The van der Waals surface area contributed by atoms with Crippen LogP contribution >= 0.6 is 0 Å². The smallest absolute Gasteiger partial charge is 0.119 e. The second kappa shape index (κ2) is 12.6. The summed E-state index contributed by atoms with van der Waals surface area (Å²) in [6, 6.07) is 16.7. The van der Waals surface area contributed by atoms with Crippen LogP contribution in [-0.4, -0.2) is 90.5 Å². The van der Waals surface area contributed by atoms with E-state index in [1.807, 2.05) is 24.3 Å². The Balaban J connectivity index is 0.000000195. The van der Waals surface area contributed by atoms with Crippen LogP contribution in [-0.2, 0) is 33.8 Å². The lowest BCUT2D eigenvalue weighted by molar-refractivity contribution is 0.0366. The third-order valence-corrected chi connectivity index (χ3v) is 6.61. The molecule has 0 radical (unpaired) electrons. The van der Waals surface area contributed by atoms with Crippen molar-refractivity contribution in [2.24, 2.45) is 0 Å². The first-order chi connectivity index (χ1) is 18.1. The van der Waals surface area contributed by atoms with Crippen molar-refractivity contribution in [2.75, 3.05) is 66.1 Å². The van der Waals surface area contributed by atoms with E-state index in [4.69, 9.17) is 37.9 Å². The minimum Gasteiger partial charge on any atom is -0.491 e. The highest BCUT2D eigenvalue weighted by Gasteiger charge is 2.26. The number of epoxide rings is 4. The van der Waals surface area contributed by atoms with Crippen LogP contribution < -0.4 is 9.47 Å². The van der Waals surface area contributed by atoms with Crippen molar-refractivity contribution in [3.63, 3.8) is 0 Å². The summed E-state index contributed by atoms with van der Waals surface area (Å²) < 4.78 is 42.3. The molecule has 4 aliphatic heterocycles. The molecule has 37 heavy (non-hydrogen) atoms. The Hall–Kier alpha value is -2.20. The maximum absolute atomic E-state index is 5.72. The normalized spacial score (nSPS) is 25.0. The van der Waals surface area contributed by atoms with Gasteiger partial charge in [-0.05, 0) is 35.4 Å². The van der Waals surface area contributed by atoms with Crippen molar-refractivity contribution in [1.29, 1.82) is 0 Å². The van der Waals surface area contributed by atoms with E-state index in [1.54, 1.807) is 0 Å². The molecule has 6 rings (SSSR count). The van der Waals surface area contributed by atoms with Crippen LogP contribution in [0.15, 0.2) is 48.5 Å². The molecule has 4 aliphatic rings. The lowest BCUT2D eigenvalue weighted by Crippen LogP contribution is -2.18. The van der Waals surface area contributed by atoms with Crippen molar-refractivity contribution in [3.05, 3.63) is 59.7 Å².